The second kappa shape index (κ2) is 10.4. The smallest absolute Gasteiger partial charge is 0.0267 e. The van der Waals surface area contributed by atoms with Gasteiger partial charge in [-0.2, -0.15) is 0 Å². The first-order valence-corrected chi connectivity index (χ1v) is 2.98. The van der Waals surface area contributed by atoms with Crippen LogP contribution in [0.2, 0.25) is 0 Å². The highest BCUT2D eigenvalue weighted by atomic mass is 35.5. The number of nitrogens with zero attached hydrogens (tertiary/aromatic N) is 1. The van der Waals surface area contributed by atoms with Crippen molar-refractivity contribution in [2.75, 3.05) is 6.38 Å². The minimum Gasteiger partial charge on any atom is -0.412 e. The van der Waals surface area contributed by atoms with Crippen molar-refractivity contribution in [3.05, 3.63) is 30.6 Å². The maximum absolute atomic E-state index is 4.64. The summed E-state index contributed by atoms with van der Waals surface area (Å²) < 4.78 is 0. The van der Waals surface area contributed by atoms with E-state index in [-0.39, 0.29) is 5.48 Å². The molecular weight excluding hydrogens is 138 g/mol. The molecule has 0 radical (unpaired) electrons. The van der Waals surface area contributed by atoms with Gasteiger partial charge in [-0.05, 0) is 12.1 Å². The molecule has 1 heterocycles. The fraction of sp³-hybridized carbons (Fsp3) is 0.167. The summed E-state index contributed by atoms with van der Waals surface area (Å²) in [5, 5.41) is 0. The third kappa shape index (κ3) is 7.40. The summed E-state index contributed by atoms with van der Waals surface area (Å²) in [6.07, 6.45) is 4.97. The Morgan fingerprint density at radius 3 is 1.56 bits per heavy atom. The summed E-state index contributed by atoms with van der Waals surface area (Å²) in [5.41, 5.74) is 0. The summed E-state index contributed by atoms with van der Waals surface area (Å²) in [5.74, 6) is 0. The molecule has 1 rings (SSSR count). The van der Waals surface area contributed by atoms with Gasteiger partial charge in [0, 0.05) is 18.8 Å². The molecule has 2 nitrogen and oxygen atoms in total. The third-order valence-corrected chi connectivity index (χ3v) is 0.566. The first kappa shape index (κ1) is 11.2. The summed E-state index contributed by atoms with van der Waals surface area (Å²) in [6, 6.07) is 5.72. The fourth-order valence-corrected chi connectivity index (χ4v) is 0.313. The minimum absolute atomic E-state index is 0. The van der Waals surface area contributed by atoms with E-state index >= 15 is 0 Å². The van der Waals surface area contributed by atoms with E-state index in [4.69, 9.17) is 0 Å². The first-order chi connectivity index (χ1) is 4.00. The van der Waals surface area contributed by atoms with Crippen molar-refractivity contribution in [2.24, 2.45) is 0 Å². The summed E-state index contributed by atoms with van der Waals surface area (Å²) in [7, 11) is 0. The molecule has 0 unspecified atom stereocenters. The molecular formula is C6H10ClNO. The van der Waals surface area contributed by atoms with Crippen LogP contribution < -0.4 is 0 Å². The van der Waals surface area contributed by atoms with Crippen LogP contribution in [-0.2, 0) is 0 Å². The van der Waals surface area contributed by atoms with Crippen LogP contribution in [0.15, 0.2) is 30.6 Å². The monoisotopic (exact) mass is 147 g/mol. The van der Waals surface area contributed by atoms with Gasteiger partial charge >= 0.3 is 0 Å². The minimum atomic E-state index is 0. The van der Waals surface area contributed by atoms with E-state index in [2.05, 4.69) is 16.6 Å². The summed E-state index contributed by atoms with van der Waals surface area (Å²) in [4.78, 5) is 3.78. The van der Waals surface area contributed by atoms with Crippen molar-refractivity contribution < 1.29 is 5.48 Å². The molecule has 0 aliphatic heterocycles. The van der Waals surface area contributed by atoms with Gasteiger partial charge in [0.05, 0.1) is 0 Å². The number of rotatable bonds is 0. The van der Waals surface area contributed by atoms with E-state index in [9.17, 15) is 0 Å². The van der Waals surface area contributed by atoms with Gasteiger partial charge in [-0.15, -0.1) is 11.6 Å². The van der Waals surface area contributed by atoms with Gasteiger partial charge in [0.1, 0.15) is 0 Å². The average Bonchev–Trinajstić information content (AvgIpc) is 1.96. The molecule has 0 amide bonds. The quantitative estimate of drug-likeness (QED) is 0.507. The second-order valence-corrected chi connectivity index (χ2v) is 1.02. The van der Waals surface area contributed by atoms with Crippen LogP contribution in [0.25, 0.3) is 0 Å². The molecule has 0 bridgehead atoms. The largest absolute Gasteiger partial charge is 0.412 e. The molecule has 3 heteroatoms. The fourth-order valence-electron chi connectivity index (χ4n) is 0.313. The molecule has 52 valence electrons. The average molecular weight is 148 g/mol. The topological polar surface area (TPSA) is 44.4 Å². The predicted octanol–water partition coefficient (Wildman–Crippen LogP) is 1.11. The van der Waals surface area contributed by atoms with Crippen LogP contribution in [0.1, 0.15) is 0 Å². The van der Waals surface area contributed by atoms with Gasteiger partial charge < -0.3 is 5.48 Å². The lowest BCUT2D eigenvalue weighted by Gasteiger charge is -1.70. The SMILES string of the molecule is CCl.O.c1ccncc1. The molecule has 0 atom stereocenters. The Bertz CT molecular complexity index is 85.0. The molecule has 0 saturated carbocycles. The molecule has 0 aliphatic rings. The van der Waals surface area contributed by atoms with Crippen molar-refractivity contribution in [1.29, 1.82) is 0 Å². The van der Waals surface area contributed by atoms with E-state index < -0.39 is 0 Å². The van der Waals surface area contributed by atoms with Gasteiger partial charge in [0.15, 0.2) is 0 Å². The zero-order chi connectivity index (χ0) is 6.24. The van der Waals surface area contributed by atoms with E-state index in [1.807, 2.05) is 18.2 Å². The molecule has 1 aromatic rings. The Balaban J connectivity index is 0. The van der Waals surface area contributed by atoms with Crippen LogP contribution in [0.3, 0.4) is 0 Å². The van der Waals surface area contributed by atoms with Crippen LogP contribution >= 0.6 is 11.6 Å². The Hall–Kier alpha value is -0.600. The standard InChI is InChI=1S/C5H5N.CH3Cl.H2O/c1-2-4-6-5-3-1;1-2;/h1-5H;1H3;1H2. The maximum atomic E-state index is 4.64. The van der Waals surface area contributed by atoms with Gasteiger partial charge in [0.25, 0.3) is 0 Å². The zero-order valence-electron chi connectivity index (χ0n) is 5.21. The number of aromatic nitrogens is 1. The zero-order valence-corrected chi connectivity index (χ0v) is 5.97. The predicted molar refractivity (Wildman–Crippen MR) is 39.6 cm³/mol. The molecule has 2 N–H and O–H groups in total. The van der Waals surface area contributed by atoms with Crippen molar-refractivity contribution in [3.8, 4) is 0 Å². The van der Waals surface area contributed by atoms with E-state index in [0.717, 1.165) is 0 Å². The second-order valence-electron chi connectivity index (χ2n) is 1.02. The van der Waals surface area contributed by atoms with Gasteiger partial charge in [-0.3, -0.25) is 4.98 Å². The summed E-state index contributed by atoms with van der Waals surface area (Å²) >= 11 is 4.64. The Morgan fingerprint density at radius 1 is 1.00 bits per heavy atom. The number of hydrogen-bond acceptors (Lipinski definition) is 1. The highest BCUT2D eigenvalue weighted by Crippen LogP contribution is 1.73. The molecule has 0 aliphatic carbocycles. The van der Waals surface area contributed by atoms with Crippen molar-refractivity contribution in [2.45, 2.75) is 0 Å². The molecule has 1 aromatic heterocycles. The number of pyridine rings is 1. The Kier molecular flexibility index (Phi) is 13.0. The van der Waals surface area contributed by atoms with Crippen molar-refractivity contribution in [1.82, 2.24) is 4.98 Å². The van der Waals surface area contributed by atoms with E-state index in [1.54, 1.807) is 12.4 Å². The maximum Gasteiger partial charge on any atom is 0.0267 e. The van der Waals surface area contributed by atoms with Crippen molar-refractivity contribution >= 4 is 11.6 Å². The third-order valence-electron chi connectivity index (χ3n) is 0.566. The molecule has 0 aromatic carbocycles. The van der Waals surface area contributed by atoms with Gasteiger partial charge in [-0.1, -0.05) is 6.07 Å². The number of hydrogen-bond donors (Lipinski definition) is 0. The van der Waals surface area contributed by atoms with E-state index in [0.29, 0.717) is 0 Å². The van der Waals surface area contributed by atoms with Crippen LogP contribution in [0.4, 0.5) is 0 Å². The number of alkyl halides is 1. The molecule has 0 spiro atoms. The molecule has 9 heavy (non-hydrogen) atoms. The van der Waals surface area contributed by atoms with Gasteiger partial charge in [-0.25, -0.2) is 0 Å². The van der Waals surface area contributed by atoms with Crippen LogP contribution in [0.5, 0.6) is 0 Å². The Labute approximate surface area is 59.8 Å². The molecule has 0 fully saturated rings. The van der Waals surface area contributed by atoms with Gasteiger partial charge in [0.2, 0.25) is 0 Å². The summed E-state index contributed by atoms with van der Waals surface area (Å²) in [6.45, 7) is 0. The Morgan fingerprint density at radius 2 is 1.44 bits per heavy atom. The highest BCUT2D eigenvalue weighted by molar-refractivity contribution is 6.15. The highest BCUT2D eigenvalue weighted by Gasteiger charge is 1.58. The van der Waals surface area contributed by atoms with E-state index in [1.165, 1.54) is 6.38 Å². The van der Waals surface area contributed by atoms with Crippen LogP contribution in [-0.4, -0.2) is 16.8 Å². The molecule has 0 saturated heterocycles. The number of halogens is 1. The van der Waals surface area contributed by atoms with Crippen molar-refractivity contribution in [3.63, 3.8) is 0 Å². The first-order valence-electron chi connectivity index (χ1n) is 2.23. The normalized spacial score (nSPS) is 6.00. The lowest BCUT2D eigenvalue weighted by atomic mass is 10.5. The van der Waals surface area contributed by atoms with Crippen LogP contribution in [0, 0.1) is 0 Å². The lowest BCUT2D eigenvalue weighted by Crippen LogP contribution is -1.58. The lowest BCUT2D eigenvalue weighted by molar-refractivity contribution is 0.824.